The second-order valence-electron chi connectivity index (χ2n) is 9.19. The number of benzene rings is 2. The van der Waals surface area contributed by atoms with Crippen LogP contribution in [0.1, 0.15) is 26.3 Å². The fourth-order valence-corrected chi connectivity index (χ4v) is 4.35. The summed E-state index contributed by atoms with van der Waals surface area (Å²) in [6.07, 6.45) is 1.27. The van der Waals surface area contributed by atoms with E-state index in [2.05, 4.69) is 15.4 Å². The number of carbonyl (C=O) groups is 1. The molecule has 0 spiro atoms. The Balaban J connectivity index is 1.37. The topological polar surface area (TPSA) is 109 Å². The Hall–Kier alpha value is -4.25. The molecule has 10 nitrogen and oxygen atoms in total. The molecule has 0 aliphatic carbocycles. The van der Waals surface area contributed by atoms with Gasteiger partial charge in [-0.15, -0.1) is 5.10 Å². The third-order valence-electron chi connectivity index (χ3n) is 5.23. The number of rotatable bonds is 7. The fourth-order valence-electron chi connectivity index (χ4n) is 3.65. The molecule has 5 rings (SSSR count). The molecular weight excluding hydrogens is 496 g/mol. The van der Waals surface area contributed by atoms with Gasteiger partial charge in [0.05, 0.1) is 25.8 Å². The molecule has 0 atom stereocenters. The van der Waals surface area contributed by atoms with Crippen LogP contribution >= 0.6 is 11.3 Å². The molecule has 0 saturated heterocycles. The SMILES string of the molecule is COc1cc(OCc2cccc(NC(=O)OC(C)(C)C)c2)c2cc(-c3cn4nc(OC)sc4n3)oc2c1. The van der Waals surface area contributed by atoms with Crippen LogP contribution in [0.25, 0.3) is 27.4 Å². The Kier molecular flexibility index (Phi) is 6.38. The van der Waals surface area contributed by atoms with E-state index in [0.29, 0.717) is 44.4 Å². The second kappa shape index (κ2) is 9.66. The number of nitrogens with one attached hydrogen (secondary N) is 1. The van der Waals surface area contributed by atoms with E-state index in [1.807, 2.05) is 51.1 Å². The van der Waals surface area contributed by atoms with E-state index in [1.54, 1.807) is 37.1 Å². The first kappa shape index (κ1) is 24.4. The molecule has 192 valence electrons. The van der Waals surface area contributed by atoms with Crippen LogP contribution < -0.4 is 19.5 Å². The summed E-state index contributed by atoms with van der Waals surface area (Å²) in [5.74, 6) is 1.77. The molecule has 0 fully saturated rings. The lowest BCUT2D eigenvalue weighted by Gasteiger charge is -2.19. The molecule has 0 bridgehead atoms. The van der Waals surface area contributed by atoms with Gasteiger partial charge >= 0.3 is 6.09 Å². The number of methoxy groups -OCH3 is 2. The van der Waals surface area contributed by atoms with Crippen molar-refractivity contribution in [1.29, 1.82) is 0 Å². The molecule has 0 saturated carbocycles. The van der Waals surface area contributed by atoms with Crippen LogP contribution in [-0.2, 0) is 11.3 Å². The quantitative estimate of drug-likeness (QED) is 0.271. The van der Waals surface area contributed by atoms with Crippen LogP contribution in [0, 0.1) is 0 Å². The van der Waals surface area contributed by atoms with Crippen molar-refractivity contribution in [1.82, 2.24) is 14.6 Å². The molecule has 3 aromatic heterocycles. The minimum atomic E-state index is -0.582. The lowest BCUT2D eigenvalue weighted by molar-refractivity contribution is 0.0636. The van der Waals surface area contributed by atoms with Gasteiger partial charge in [-0.1, -0.05) is 12.1 Å². The van der Waals surface area contributed by atoms with Gasteiger partial charge in [-0.05, 0) is 55.9 Å². The zero-order valence-corrected chi connectivity index (χ0v) is 21.8. The molecule has 0 radical (unpaired) electrons. The number of furan rings is 1. The number of hydrogen-bond donors (Lipinski definition) is 1. The molecule has 3 heterocycles. The Morgan fingerprint density at radius 2 is 1.97 bits per heavy atom. The number of aromatic nitrogens is 3. The van der Waals surface area contributed by atoms with Gasteiger partial charge in [0.15, 0.2) is 5.76 Å². The number of nitrogens with zero attached hydrogens (tertiary/aromatic N) is 3. The van der Waals surface area contributed by atoms with Gasteiger partial charge in [0.2, 0.25) is 4.96 Å². The second-order valence-corrected chi connectivity index (χ2v) is 10.1. The minimum Gasteiger partial charge on any atom is -0.496 e. The van der Waals surface area contributed by atoms with Crippen LogP contribution in [0.5, 0.6) is 16.7 Å². The summed E-state index contributed by atoms with van der Waals surface area (Å²) in [5.41, 5.74) is 2.14. The molecular formula is C26H26N4O6S. The predicted octanol–water partition coefficient (Wildman–Crippen LogP) is 6.15. The number of carbonyl (C=O) groups excluding carboxylic acids is 1. The molecule has 0 aliphatic heterocycles. The van der Waals surface area contributed by atoms with E-state index in [-0.39, 0.29) is 6.61 Å². The Morgan fingerprint density at radius 1 is 1.14 bits per heavy atom. The highest BCUT2D eigenvalue weighted by Gasteiger charge is 2.18. The lowest BCUT2D eigenvalue weighted by atomic mass is 10.2. The van der Waals surface area contributed by atoms with Gasteiger partial charge in [0.25, 0.3) is 5.19 Å². The van der Waals surface area contributed by atoms with Crippen LogP contribution in [0.2, 0.25) is 0 Å². The van der Waals surface area contributed by atoms with E-state index < -0.39 is 11.7 Å². The monoisotopic (exact) mass is 522 g/mol. The van der Waals surface area contributed by atoms with Gasteiger partial charge in [-0.25, -0.2) is 14.3 Å². The number of ether oxygens (including phenoxy) is 4. The normalized spacial score (nSPS) is 11.6. The van der Waals surface area contributed by atoms with Gasteiger partial charge in [-0.2, -0.15) is 0 Å². The van der Waals surface area contributed by atoms with E-state index in [4.69, 9.17) is 23.4 Å². The summed E-state index contributed by atoms with van der Waals surface area (Å²) < 4.78 is 29.9. The lowest BCUT2D eigenvalue weighted by Crippen LogP contribution is -2.27. The largest absolute Gasteiger partial charge is 0.496 e. The van der Waals surface area contributed by atoms with E-state index in [1.165, 1.54) is 11.3 Å². The summed E-state index contributed by atoms with van der Waals surface area (Å²) in [6.45, 7) is 5.71. The van der Waals surface area contributed by atoms with E-state index in [0.717, 1.165) is 10.9 Å². The van der Waals surface area contributed by atoms with Crippen molar-refractivity contribution < 1.29 is 28.2 Å². The summed E-state index contributed by atoms with van der Waals surface area (Å²) in [4.78, 5) is 17.4. The van der Waals surface area contributed by atoms with Gasteiger partial charge in [0.1, 0.15) is 35.0 Å². The molecule has 0 unspecified atom stereocenters. The maximum atomic E-state index is 12.1. The Labute approximate surface area is 216 Å². The zero-order valence-electron chi connectivity index (χ0n) is 21.0. The van der Waals surface area contributed by atoms with E-state index >= 15 is 0 Å². The number of anilines is 1. The Bertz CT molecular complexity index is 1550. The first-order chi connectivity index (χ1) is 17.7. The third kappa shape index (κ3) is 5.46. The maximum Gasteiger partial charge on any atom is 0.412 e. The van der Waals surface area contributed by atoms with Crippen LogP contribution in [0.3, 0.4) is 0 Å². The van der Waals surface area contributed by atoms with Crippen molar-refractivity contribution in [2.45, 2.75) is 33.0 Å². The zero-order chi connectivity index (χ0) is 26.2. The highest BCUT2D eigenvalue weighted by Crippen LogP contribution is 2.37. The van der Waals surface area contributed by atoms with Crippen molar-refractivity contribution in [2.24, 2.45) is 0 Å². The highest BCUT2D eigenvalue weighted by molar-refractivity contribution is 7.18. The molecule has 2 aromatic carbocycles. The maximum absolute atomic E-state index is 12.1. The van der Waals surface area contributed by atoms with E-state index in [9.17, 15) is 4.79 Å². The molecule has 1 amide bonds. The van der Waals surface area contributed by atoms with Gasteiger partial charge < -0.3 is 23.4 Å². The van der Waals surface area contributed by atoms with Gasteiger partial charge in [-0.3, -0.25) is 5.32 Å². The average molecular weight is 523 g/mol. The number of amides is 1. The molecule has 11 heteroatoms. The summed E-state index contributed by atoms with van der Waals surface area (Å²) in [5, 5.41) is 8.37. The summed E-state index contributed by atoms with van der Waals surface area (Å²) in [7, 11) is 3.16. The van der Waals surface area contributed by atoms with Crippen molar-refractivity contribution in [3.05, 3.63) is 54.2 Å². The molecule has 1 N–H and O–H groups in total. The smallest absolute Gasteiger partial charge is 0.412 e. The highest BCUT2D eigenvalue weighted by atomic mass is 32.1. The third-order valence-corrected chi connectivity index (χ3v) is 6.11. The molecule has 37 heavy (non-hydrogen) atoms. The fraction of sp³-hybridized carbons (Fsp3) is 0.269. The van der Waals surface area contributed by atoms with Crippen LogP contribution in [-0.4, -0.2) is 40.5 Å². The average Bonchev–Trinajstić information content (AvgIpc) is 3.54. The first-order valence-electron chi connectivity index (χ1n) is 11.4. The number of fused-ring (bicyclic) bond motifs is 2. The standard InChI is InChI=1S/C26H26N4O6S/c1-26(2,3)36-24(31)27-16-8-6-7-15(9-16)14-34-20-10-17(32-4)11-21-18(20)12-22(35-21)19-13-30-23(28-19)37-25(29-30)33-5/h6-13H,14H2,1-5H3,(H,27,31). The minimum absolute atomic E-state index is 0.260. The van der Waals surface area contributed by atoms with Crippen molar-refractivity contribution in [2.75, 3.05) is 19.5 Å². The van der Waals surface area contributed by atoms with Crippen LogP contribution in [0.4, 0.5) is 10.5 Å². The van der Waals surface area contributed by atoms with Crippen molar-refractivity contribution >= 4 is 39.0 Å². The van der Waals surface area contributed by atoms with Gasteiger partial charge in [0, 0.05) is 17.8 Å². The number of hydrogen-bond acceptors (Lipinski definition) is 9. The van der Waals surface area contributed by atoms with Crippen LogP contribution in [0.15, 0.2) is 53.1 Å². The molecule has 5 aromatic rings. The number of imidazole rings is 1. The van der Waals surface area contributed by atoms with Crippen molar-refractivity contribution in [3.63, 3.8) is 0 Å². The Morgan fingerprint density at radius 3 is 2.70 bits per heavy atom. The van der Waals surface area contributed by atoms with Crippen molar-refractivity contribution in [3.8, 4) is 28.1 Å². The molecule has 0 aliphatic rings. The summed E-state index contributed by atoms with van der Waals surface area (Å²) in [6, 6.07) is 12.9. The summed E-state index contributed by atoms with van der Waals surface area (Å²) >= 11 is 1.34. The first-order valence-corrected chi connectivity index (χ1v) is 12.3. The predicted molar refractivity (Wildman–Crippen MR) is 140 cm³/mol.